The molecule has 6 heteroatoms. The summed E-state index contributed by atoms with van der Waals surface area (Å²) in [6.07, 6.45) is 3.85. The SMILES string of the molecule is C/C=C/c1cc(F)c([C@@H]2c3[nH]c4ccc(F)cc4c3C[C@@H](C)N2CC(C)(C)F)c(F)c1. The summed E-state index contributed by atoms with van der Waals surface area (Å²) in [4.78, 5) is 5.04. The van der Waals surface area contributed by atoms with Crippen LogP contribution in [0.2, 0.25) is 0 Å². The van der Waals surface area contributed by atoms with Crippen LogP contribution in [0.25, 0.3) is 17.0 Å². The van der Waals surface area contributed by atoms with Gasteiger partial charge in [0.2, 0.25) is 0 Å². The molecule has 1 aromatic heterocycles. The molecule has 0 bridgehead atoms. The van der Waals surface area contributed by atoms with Crippen molar-refractivity contribution in [2.45, 2.75) is 51.9 Å². The molecule has 2 atom stereocenters. The van der Waals surface area contributed by atoms with Gasteiger partial charge in [-0.1, -0.05) is 12.2 Å². The Balaban J connectivity index is 1.97. The third kappa shape index (κ3) is 4.01. The number of rotatable bonds is 4. The van der Waals surface area contributed by atoms with Crippen molar-refractivity contribution in [3.63, 3.8) is 0 Å². The van der Waals surface area contributed by atoms with Crippen molar-refractivity contribution in [2.24, 2.45) is 0 Å². The molecule has 4 rings (SSSR count). The number of halogens is 4. The molecule has 3 aromatic rings. The molecular formula is C25H26F4N2. The van der Waals surface area contributed by atoms with E-state index < -0.39 is 23.3 Å². The van der Waals surface area contributed by atoms with Gasteiger partial charge in [0.15, 0.2) is 0 Å². The van der Waals surface area contributed by atoms with Crippen LogP contribution in [0.15, 0.2) is 36.4 Å². The molecular weight excluding hydrogens is 404 g/mol. The van der Waals surface area contributed by atoms with Crippen molar-refractivity contribution in [3.05, 3.63) is 76.2 Å². The number of aromatic nitrogens is 1. The summed E-state index contributed by atoms with van der Waals surface area (Å²) in [6, 6.07) is 5.92. The Bertz CT molecular complexity index is 1130. The van der Waals surface area contributed by atoms with Crippen molar-refractivity contribution in [3.8, 4) is 0 Å². The first kappa shape index (κ1) is 21.6. The minimum absolute atomic E-state index is 0.00249. The monoisotopic (exact) mass is 430 g/mol. The molecule has 1 N–H and O–H groups in total. The van der Waals surface area contributed by atoms with E-state index in [9.17, 15) is 8.78 Å². The molecule has 0 saturated carbocycles. The summed E-state index contributed by atoms with van der Waals surface area (Å²) < 4.78 is 59.3. The van der Waals surface area contributed by atoms with Crippen LogP contribution in [-0.4, -0.2) is 28.1 Å². The quantitative estimate of drug-likeness (QED) is 0.456. The Hall–Kier alpha value is -2.60. The summed E-state index contributed by atoms with van der Waals surface area (Å²) in [7, 11) is 0. The van der Waals surface area contributed by atoms with Gasteiger partial charge in [0, 0.05) is 34.7 Å². The van der Waals surface area contributed by atoms with Gasteiger partial charge < -0.3 is 4.98 Å². The van der Waals surface area contributed by atoms with E-state index in [0.717, 1.165) is 5.56 Å². The Morgan fingerprint density at radius 1 is 1.13 bits per heavy atom. The van der Waals surface area contributed by atoms with Gasteiger partial charge in [-0.3, -0.25) is 4.90 Å². The van der Waals surface area contributed by atoms with Gasteiger partial charge in [0.25, 0.3) is 0 Å². The van der Waals surface area contributed by atoms with Crippen molar-refractivity contribution < 1.29 is 17.6 Å². The highest BCUT2D eigenvalue weighted by Gasteiger charge is 2.40. The largest absolute Gasteiger partial charge is 0.357 e. The Morgan fingerprint density at radius 3 is 2.42 bits per heavy atom. The van der Waals surface area contributed by atoms with Crippen molar-refractivity contribution in [1.82, 2.24) is 9.88 Å². The summed E-state index contributed by atoms with van der Waals surface area (Å²) in [5, 5.41) is 0.692. The molecule has 1 aliphatic rings. The number of alkyl halides is 1. The van der Waals surface area contributed by atoms with Crippen LogP contribution in [0.4, 0.5) is 17.6 Å². The summed E-state index contributed by atoms with van der Waals surface area (Å²) in [5.74, 6) is -1.76. The smallest absolute Gasteiger partial charge is 0.131 e. The van der Waals surface area contributed by atoms with Crippen molar-refractivity contribution >= 4 is 17.0 Å². The Kier molecular flexibility index (Phi) is 5.46. The van der Waals surface area contributed by atoms with Crippen LogP contribution >= 0.6 is 0 Å². The molecule has 2 aromatic carbocycles. The molecule has 0 radical (unpaired) electrons. The number of benzene rings is 2. The zero-order valence-corrected chi connectivity index (χ0v) is 18.1. The van der Waals surface area contributed by atoms with Gasteiger partial charge in [0.05, 0.1) is 6.04 Å². The number of allylic oxidation sites excluding steroid dienone is 1. The predicted octanol–water partition coefficient (Wildman–Crippen LogP) is 6.70. The standard InChI is InChI=1S/C25H26F4N2/c1-5-6-15-10-19(27)22(20(28)11-15)24-23-18(9-14(2)31(24)13-25(3,4)29)17-12-16(26)7-8-21(17)30-23/h5-8,10-12,14,24,30H,9,13H2,1-4H3/b6-5+/t14-,24-/m1/s1. The molecule has 0 aliphatic carbocycles. The van der Waals surface area contributed by atoms with Crippen LogP contribution in [0.1, 0.15) is 56.1 Å². The molecule has 2 nitrogen and oxygen atoms in total. The highest BCUT2D eigenvalue weighted by Crippen LogP contribution is 2.43. The zero-order valence-electron chi connectivity index (χ0n) is 18.1. The van der Waals surface area contributed by atoms with Crippen LogP contribution in [-0.2, 0) is 6.42 Å². The van der Waals surface area contributed by atoms with Crippen LogP contribution < -0.4 is 0 Å². The minimum atomic E-state index is -1.57. The number of hydrogen-bond donors (Lipinski definition) is 1. The van der Waals surface area contributed by atoms with E-state index in [2.05, 4.69) is 4.98 Å². The number of nitrogens with one attached hydrogen (secondary N) is 1. The van der Waals surface area contributed by atoms with Gasteiger partial charge >= 0.3 is 0 Å². The van der Waals surface area contributed by atoms with Crippen LogP contribution in [0, 0.1) is 17.5 Å². The molecule has 1 aliphatic heterocycles. The number of nitrogens with zero attached hydrogens (tertiary/aromatic N) is 1. The maximum absolute atomic E-state index is 15.3. The lowest BCUT2D eigenvalue weighted by molar-refractivity contribution is 0.0643. The normalized spacial score (nSPS) is 20.0. The maximum Gasteiger partial charge on any atom is 0.131 e. The van der Waals surface area contributed by atoms with E-state index in [0.29, 0.717) is 28.6 Å². The van der Waals surface area contributed by atoms with Gasteiger partial charge in [-0.25, -0.2) is 17.6 Å². The summed E-state index contributed by atoms with van der Waals surface area (Å²) in [5.41, 5.74) is 0.811. The van der Waals surface area contributed by atoms with Crippen molar-refractivity contribution in [1.29, 1.82) is 0 Å². The third-order valence-corrected chi connectivity index (χ3v) is 5.86. The molecule has 31 heavy (non-hydrogen) atoms. The van der Waals surface area contributed by atoms with Gasteiger partial charge in [-0.05, 0) is 75.6 Å². The lowest BCUT2D eigenvalue weighted by Gasteiger charge is -2.43. The zero-order chi connectivity index (χ0) is 22.5. The fourth-order valence-corrected chi connectivity index (χ4v) is 4.67. The molecule has 0 fully saturated rings. The second-order valence-corrected chi connectivity index (χ2v) is 8.95. The summed E-state index contributed by atoms with van der Waals surface area (Å²) >= 11 is 0. The fraction of sp³-hybridized carbons (Fsp3) is 0.360. The van der Waals surface area contributed by atoms with E-state index in [1.807, 2.05) is 6.92 Å². The molecule has 0 saturated heterocycles. The molecule has 2 heterocycles. The number of fused-ring (bicyclic) bond motifs is 3. The fourth-order valence-electron chi connectivity index (χ4n) is 4.67. The number of H-pyrrole nitrogens is 1. The van der Waals surface area contributed by atoms with E-state index in [4.69, 9.17) is 0 Å². The third-order valence-electron chi connectivity index (χ3n) is 5.86. The first-order chi connectivity index (χ1) is 14.6. The Labute approximate surface area is 179 Å². The first-order valence-electron chi connectivity index (χ1n) is 10.5. The highest BCUT2D eigenvalue weighted by molar-refractivity contribution is 5.85. The lowest BCUT2D eigenvalue weighted by atomic mass is 9.87. The van der Waals surface area contributed by atoms with Gasteiger partial charge in [-0.15, -0.1) is 0 Å². The molecule has 0 spiro atoms. The maximum atomic E-state index is 15.3. The highest BCUT2D eigenvalue weighted by atomic mass is 19.1. The van der Waals surface area contributed by atoms with Crippen molar-refractivity contribution in [2.75, 3.05) is 6.54 Å². The number of hydrogen-bond acceptors (Lipinski definition) is 1. The topological polar surface area (TPSA) is 19.0 Å². The van der Waals surface area contributed by atoms with Crippen LogP contribution in [0.3, 0.4) is 0 Å². The summed E-state index contributed by atoms with van der Waals surface area (Å²) in [6.45, 7) is 6.58. The minimum Gasteiger partial charge on any atom is -0.357 e. The average Bonchev–Trinajstić information content (AvgIpc) is 3.00. The Morgan fingerprint density at radius 2 is 1.81 bits per heavy atom. The van der Waals surface area contributed by atoms with E-state index >= 15 is 8.78 Å². The van der Waals surface area contributed by atoms with E-state index in [-0.39, 0.29) is 24.0 Å². The van der Waals surface area contributed by atoms with Crippen LogP contribution in [0.5, 0.6) is 0 Å². The van der Waals surface area contributed by atoms with E-state index in [1.54, 1.807) is 30.0 Å². The lowest BCUT2D eigenvalue weighted by Crippen LogP contribution is -2.48. The second-order valence-electron chi connectivity index (χ2n) is 8.95. The predicted molar refractivity (Wildman–Crippen MR) is 116 cm³/mol. The van der Waals surface area contributed by atoms with E-state index in [1.165, 1.54) is 38.1 Å². The molecule has 164 valence electrons. The molecule has 0 amide bonds. The first-order valence-corrected chi connectivity index (χ1v) is 10.5. The average molecular weight is 430 g/mol. The van der Waals surface area contributed by atoms with Gasteiger partial charge in [0.1, 0.15) is 23.1 Å². The van der Waals surface area contributed by atoms with Gasteiger partial charge in [-0.2, -0.15) is 0 Å². The second kappa shape index (κ2) is 7.83. The molecule has 0 unspecified atom stereocenters. The number of aromatic amines is 1.